The topological polar surface area (TPSA) is 26.3 Å². The van der Waals surface area contributed by atoms with E-state index in [1.807, 2.05) is 0 Å². The first kappa shape index (κ1) is 19.6. The lowest BCUT2D eigenvalue weighted by Crippen LogP contribution is -2.47. The Hall–Kier alpha value is -0.370. The summed E-state index contributed by atoms with van der Waals surface area (Å²) < 4.78 is 6.57. The molecule has 6 aliphatic rings. The van der Waals surface area contributed by atoms with Gasteiger partial charge < -0.3 is 4.74 Å². The number of hydrogen-bond acceptors (Lipinski definition) is 2. The zero-order valence-corrected chi connectivity index (χ0v) is 18.2. The van der Waals surface area contributed by atoms with Gasteiger partial charge in [-0.3, -0.25) is 4.79 Å². The number of ketones is 1. The molecule has 0 heterocycles. The van der Waals surface area contributed by atoms with Crippen molar-refractivity contribution >= 4 is 5.78 Å². The van der Waals surface area contributed by atoms with Gasteiger partial charge in [-0.05, 0) is 106 Å². The van der Waals surface area contributed by atoms with Gasteiger partial charge in [-0.15, -0.1) is 0 Å². The van der Waals surface area contributed by atoms with Gasteiger partial charge >= 0.3 is 0 Å². The van der Waals surface area contributed by atoms with Crippen LogP contribution in [0.4, 0.5) is 0 Å². The van der Waals surface area contributed by atoms with Crippen LogP contribution >= 0.6 is 0 Å². The van der Waals surface area contributed by atoms with Gasteiger partial charge in [0.1, 0.15) is 6.61 Å². The van der Waals surface area contributed by atoms with E-state index in [2.05, 4.69) is 6.92 Å². The summed E-state index contributed by atoms with van der Waals surface area (Å²) >= 11 is 0. The van der Waals surface area contributed by atoms with Crippen molar-refractivity contribution < 1.29 is 9.53 Å². The number of Topliss-reactive ketones (excluding diaryl/α,β-unsaturated/α-hetero) is 1. The van der Waals surface area contributed by atoms with Gasteiger partial charge in [0.15, 0.2) is 5.78 Å². The SMILES string of the molecule is CC[C@]1(OCC(=O)CC23CC4CC(CC(C4)C2)C3)CC[C@@H]2CCCC[C@@H](C2)C1. The lowest BCUT2D eigenvalue weighted by atomic mass is 9.48. The van der Waals surface area contributed by atoms with Crippen LogP contribution in [0.15, 0.2) is 0 Å². The van der Waals surface area contributed by atoms with Crippen molar-refractivity contribution in [3.63, 3.8) is 0 Å². The Balaban J connectivity index is 1.19. The van der Waals surface area contributed by atoms with E-state index in [0.29, 0.717) is 17.8 Å². The third-order valence-electron chi connectivity index (χ3n) is 9.73. The molecule has 2 nitrogen and oxygen atoms in total. The van der Waals surface area contributed by atoms with Gasteiger partial charge in [0, 0.05) is 6.42 Å². The summed E-state index contributed by atoms with van der Waals surface area (Å²) in [5.74, 6) is 4.99. The van der Waals surface area contributed by atoms with Crippen LogP contribution in [0.3, 0.4) is 0 Å². The Morgan fingerprint density at radius 3 is 2.07 bits per heavy atom. The van der Waals surface area contributed by atoms with Crippen molar-refractivity contribution in [3.8, 4) is 0 Å². The summed E-state index contributed by atoms with van der Waals surface area (Å²) in [6.45, 7) is 2.69. The van der Waals surface area contributed by atoms with Crippen molar-refractivity contribution in [3.05, 3.63) is 0 Å². The molecule has 0 aromatic carbocycles. The number of carbonyl (C=O) groups excluding carboxylic acids is 1. The van der Waals surface area contributed by atoms with Crippen molar-refractivity contribution in [2.45, 2.75) is 115 Å². The Kier molecular flexibility index (Phi) is 5.39. The number of hydrogen-bond donors (Lipinski definition) is 0. The summed E-state index contributed by atoms with van der Waals surface area (Å²) in [4.78, 5) is 13.1. The molecule has 6 bridgehead atoms. The fraction of sp³-hybridized carbons (Fsp3) is 0.962. The highest BCUT2D eigenvalue weighted by molar-refractivity contribution is 5.80. The largest absolute Gasteiger partial charge is 0.367 e. The first-order valence-corrected chi connectivity index (χ1v) is 12.7. The number of carbonyl (C=O) groups is 1. The predicted octanol–water partition coefficient (Wildman–Crippen LogP) is 6.71. The Morgan fingerprint density at radius 1 is 0.821 bits per heavy atom. The molecule has 3 atom stereocenters. The van der Waals surface area contributed by atoms with Crippen molar-refractivity contribution in [1.82, 2.24) is 0 Å². The van der Waals surface area contributed by atoms with Crippen LogP contribution in [-0.4, -0.2) is 18.0 Å². The molecule has 0 unspecified atom stereocenters. The molecule has 6 aliphatic carbocycles. The molecule has 6 fully saturated rings. The molecule has 0 aromatic heterocycles. The van der Waals surface area contributed by atoms with Gasteiger partial charge in [0.2, 0.25) is 0 Å². The van der Waals surface area contributed by atoms with Gasteiger partial charge in [0.05, 0.1) is 5.60 Å². The fourth-order valence-corrected chi connectivity index (χ4v) is 8.88. The molecule has 28 heavy (non-hydrogen) atoms. The summed E-state index contributed by atoms with van der Waals surface area (Å²) in [7, 11) is 0. The summed E-state index contributed by atoms with van der Waals surface area (Å²) in [6, 6.07) is 0. The van der Waals surface area contributed by atoms with E-state index in [1.54, 1.807) is 0 Å². The molecule has 0 radical (unpaired) electrons. The van der Waals surface area contributed by atoms with E-state index in [9.17, 15) is 4.79 Å². The van der Waals surface area contributed by atoms with E-state index in [1.165, 1.54) is 89.9 Å². The second-order valence-electron chi connectivity index (χ2n) is 12.0. The number of ether oxygens (including phenoxy) is 1. The third-order valence-corrected chi connectivity index (χ3v) is 9.73. The zero-order chi connectivity index (χ0) is 19.2. The average molecular weight is 387 g/mol. The Bertz CT molecular complexity index is 546. The maximum absolute atomic E-state index is 13.1. The molecular weight excluding hydrogens is 344 g/mol. The van der Waals surface area contributed by atoms with E-state index in [0.717, 1.165) is 42.4 Å². The molecule has 0 aromatic rings. The quantitative estimate of drug-likeness (QED) is 0.507. The van der Waals surface area contributed by atoms with E-state index >= 15 is 0 Å². The van der Waals surface area contributed by atoms with Crippen LogP contribution in [0.1, 0.15) is 110 Å². The van der Waals surface area contributed by atoms with Crippen LogP contribution < -0.4 is 0 Å². The van der Waals surface area contributed by atoms with Crippen molar-refractivity contribution in [2.24, 2.45) is 35.0 Å². The lowest BCUT2D eigenvalue weighted by molar-refractivity contribution is -0.141. The highest BCUT2D eigenvalue weighted by Crippen LogP contribution is 2.61. The van der Waals surface area contributed by atoms with E-state index in [-0.39, 0.29) is 5.60 Å². The first-order valence-electron chi connectivity index (χ1n) is 12.7. The minimum atomic E-state index is -0.00606. The van der Waals surface area contributed by atoms with E-state index < -0.39 is 0 Å². The second-order valence-corrected chi connectivity index (χ2v) is 12.0. The minimum Gasteiger partial charge on any atom is -0.367 e. The molecule has 0 saturated heterocycles. The van der Waals surface area contributed by atoms with Crippen molar-refractivity contribution in [1.29, 1.82) is 0 Å². The minimum absolute atomic E-state index is 0.00606. The van der Waals surface area contributed by atoms with Crippen LogP contribution in [0.25, 0.3) is 0 Å². The zero-order valence-electron chi connectivity index (χ0n) is 18.2. The highest BCUT2D eigenvalue weighted by atomic mass is 16.5. The normalized spacial score (nSPS) is 47.5. The van der Waals surface area contributed by atoms with Crippen LogP contribution in [0, 0.1) is 35.0 Å². The standard InChI is InChI=1S/C26H42O2/c1-2-26(8-7-19-5-3-4-6-20(9-19)16-26)28-18-24(27)17-25-13-21-10-22(14-25)12-23(11-21)15-25/h19-23H,2-18H2,1H3/t19-,20-,21?,22?,23?,25?,26-/m0/s1. The summed E-state index contributed by atoms with van der Waals surface area (Å²) in [6.07, 6.45) is 21.1. The number of fused-ring (bicyclic) bond motifs is 2. The molecule has 0 N–H and O–H groups in total. The lowest BCUT2D eigenvalue weighted by Gasteiger charge is -2.56. The van der Waals surface area contributed by atoms with Gasteiger partial charge in [0.25, 0.3) is 0 Å². The van der Waals surface area contributed by atoms with Gasteiger partial charge in [-0.2, -0.15) is 0 Å². The molecule has 158 valence electrons. The molecule has 2 heteroatoms. The summed E-state index contributed by atoms with van der Waals surface area (Å²) in [5, 5.41) is 0. The fourth-order valence-electron chi connectivity index (χ4n) is 8.88. The molecule has 0 aliphatic heterocycles. The molecule has 0 amide bonds. The first-order chi connectivity index (χ1) is 13.6. The second kappa shape index (κ2) is 7.71. The smallest absolute Gasteiger partial charge is 0.159 e. The Labute approximate surface area is 172 Å². The monoisotopic (exact) mass is 386 g/mol. The van der Waals surface area contributed by atoms with Gasteiger partial charge in [-0.1, -0.05) is 32.6 Å². The van der Waals surface area contributed by atoms with Crippen LogP contribution in [0.5, 0.6) is 0 Å². The summed E-state index contributed by atoms with van der Waals surface area (Å²) in [5.41, 5.74) is 0.361. The third kappa shape index (κ3) is 3.96. The molecular formula is C26H42O2. The highest BCUT2D eigenvalue weighted by Gasteiger charge is 2.51. The maximum atomic E-state index is 13.1. The molecule has 6 saturated carbocycles. The van der Waals surface area contributed by atoms with E-state index in [4.69, 9.17) is 4.74 Å². The van der Waals surface area contributed by atoms with Crippen molar-refractivity contribution in [2.75, 3.05) is 6.61 Å². The Morgan fingerprint density at radius 2 is 1.43 bits per heavy atom. The molecule has 0 spiro atoms. The molecule has 6 rings (SSSR count). The number of rotatable bonds is 6. The average Bonchev–Trinajstić information content (AvgIpc) is 2.98. The predicted molar refractivity (Wildman–Crippen MR) is 113 cm³/mol. The maximum Gasteiger partial charge on any atom is 0.159 e. The van der Waals surface area contributed by atoms with Gasteiger partial charge in [-0.25, -0.2) is 0 Å². The van der Waals surface area contributed by atoms with Crippen LogP contribution in [-0.2, 0) is 9.53 Å². The van der Waals surface area contributed by atoms with Crippen LogP contribution in [0.2, 0.25) is 0 Å².